The van der Waals surface area contributed by atoms with Gasteiger partial charge in [0.15, 0.2) is 0 Å². The average Bonchev–Trinajstić information content (AvgIpc) is 2.30. The molecule has 2 amide bonds. The quantitative estimate of drug-likeness (QED) is 0.430. The van der Waals surface area contributed by atoms with Gasteiger partial charge in [-0.3, -0.25) is 9.59 Å². The van der Waals surface area contributed by atoms with Gasteiger partial charge in [0.1, 0.15) is 0 Å². The Labute approximate surface area is 161 Å². The van der Waals surface area contributed by atoms with Crippen LogP contribution in [0.2, 0.25) is 0 Å². The van der Waals surface area contributed by atoms with Gasteiger partial charge in [-0.05, 0) is 18.2 Å². The van der Waals surface area contributed by atoms with E-state index in [0.29, 0.717) is 11.1 Å². The number of rotatable bonds is 4. The minimum absolute atomic E-state index is 0. The molecule has 0 aliphatic rings. The normalized spacial score (nSPS) is 8.56. The van der Waals surface area contributed by atoms with Gasteiger partial charge in [-0.2, -0.15) is 0 Å². The van der Waals surface area contributed by atoms with Crippen LogP contribution >= 0.6 is 0 Å². The van der Waals surface area contributed by atoms with Crippen LogP contribution in [0.1, 0.15) is 20.7 Å². The van der Waals surface area contributed by atoms with Gasteiger partial charge in [0.25, 0.3) is 0 Å². The first-order valence-corrected chi connectivity index (χ1v) is 5.67. The van der Waals surface area contributed by atoms with E-state index in [-0.39, 0.29) is 82.7 Å². The molecule has 2 N–H and O–H groups in total. The topological polar surface area (TPSA) is 58.2 Å². The van der Waals surface area contributed by atoms with E-state index in [0.717, 1.165) is 0 Å². The molecule has 86 valence electrons. The molecule has 0 atom stereocenters. The Hall–Kier alpha value is 0.860. The van der Waals surface area contributed by atoms with Gasteiger partial charge in [0.05, 0.1) is 0 Å². The van der Waals surface area contributed by atoms with Crippen molar-refractivity contribution in [2.75, 3.05) is 11.8 Å². The summed E-state index contributed by atoms with van der Waals surface area (Å²) in [7, 11) is 0. The number of carbonyl (C=O) groups excluding carboxylic acids is 2. The third kappa shape index (κ3) is 6.86. The zero-order valence-corrected chi connectivity index (χ0v) is 16.0. The average molecular weight is 300 g/mol. The molecule has 0 unspecified atom stereocenters. The molecule has 0 heterocycles. The third-order valence-corrected chi connectivity index (χ3v) is 2.14. The molecule has 0 saturated heterocycles. The monoisotopic (exact) mass is 300 g/mol. The molecule has 0 bridgehead atoms. The van der Waals surface area contributed by atoms with Crippen molar-refractivity contribution in [1.82, 2.24) is 10.6 Å². The maximum atomic E-state index is 11.4. The maximum Gasteiger partial charge on any atom is 1.00 e. The van der Waals surface area contributed by atoms with Crippen molar-refractivity contribution in [2.45, 2.75) is 0 Å². The largest absolute Gasteiger partial charge is 1.00 e. The molecular formula is C10H10N2Na2O2S2. The Kier molecular flexibility index (Phi) is 13.7. The summed E-state index contributed by atoms with van der Waals surface area (Å²) in [5, 5.41) is 4.97. The standard InChI is InChI=1S/C10H12N2O2S2.2Na/c13-9(11-5-15)7-2-1-3-8(4-7)10(14)12-6-16;;/h1-4,15-16H,5-6H2,(H,11,13)(H,12,14);;/q;2*+1/p-2. The molecule has 1 aromatic carbocycles. The van der Waals surface area contributed by atoms with Crippen LogP contribution in [0, 0.1) is 0 Å². The van der Waals surface area contributed by atoms with E-state index in [1.54, 1.807) is 18.2 Å². The van der Waals surface area contributed by atoms with E-state index in [1.165, 1.54) is 6.07 Å². The van der Waals surface area contributed by atoms with Crippen LogP contribution in [0.5, 0.6) is 0 Å². The van der Waals surface area contributed by atoms with Crippen molar-refractivity contribution in [3.63, 3.8) is 0 Å². The summed E-state index contributed by atoms with van der Waals surface area (Å²) in [5.74, 6) is -0.297. The van der Waals surface area contributed by atoms with Crippen molar-refractivity contribution in [1.29, 1.82) is 0 Å². The summed E-state index contributed by atoms with van der Waals surface area (Å²) in [6.45, 7) is 0. The third-order valence-electron chi connectivity index (χ3n) is 1.85. The van der Waals surface area contributed by atoms with Crippen LogP contribution < -0.4 is 69.7 Å². The maximum absolute atomic E-state index is 11.4. The molecule has 0 radical (unpaired) electrons. The van der Waals surface area contributed by atoms with Crippen molar-refractivity contribution in [3.05, 3.63) is 35.4 Å². The first kappa shape index (κ1) is 21.2. The van der Waals surface area contributed by atoms with E-state index in [4.69, 9.17) is 0 Å². The predicted molar refractivity (Wildman–Crippen MR) is 65.8 cm³/mol. The first-order valence-electron chi connectivity index (χ1n) is 4.51. The number of benzene rings is 1. The van der Waals surface area contributed by atoms with Crippen molar-refractivity contribution < 1.29 is 68.7 Å². The Balaban J connectivity index is 0. The molecule has 1 aromatic rings. The zero-order chi connectivity index (χ0) is 12.0. The van der Waals surface area contributed by atoms with E-state index < -0.39 is 0 Å². The molecule has 0 spiro atoms. The summed E-state index contributed by atoms with van der Waals surface area (Å²) in [5.41, 5.74) is 0.809. The van der Waals surface area contributed by atoms with Crippen LogP contribution in [0.4, 0.5) is 0 Å². The van der Waals surface area contributed by atoms with Crippen LogP contribution in [0.15, 0.2) is 24.3 Å². The molecule has 0 fully saturated rings. The Morgan fingerprint density at radius 2 is 1.33 bits per heavy atom. The van der Waals surface area contributed by atoms with Gasteiger partial charge < -0.3 is 35.9 Å². The van der Waals surface area contributed by atoms with Crippen molar-refractivity contribution >= 4 is 37.1 Å². The molecule has 0 aliphatic carbocycles. The smallest absolute Gasteiger partial charge is 0.772 e. The number of hydrogen-bond donors (Lipinski definition) is 2. The van der Waals surface area contributed by atoms with Crippen LogP contribution in [0.25, 0.3) is 0 Å². The summed E-state index contributed by atoms with van der Waals surface area (Å²) in [6, 6.07) is 6.37. The van der Waals surface area contributed by atoms with Gasteiger partial charge in [-0.25, -0.2) is 0 Å². The van der Waals surface area contributed by atoms with E-state index in [1.807, 2.05) is 0 Å². The minimum atomic E-state index is -0.289. The van der Waals surface area contributed by atoms with Crippen LogP contribution in [-0.4, -0.2) is 23.6 Å². The fourth-order valence-electron chi connectivity index (χ4n) is 1.14. The molecule has 0 aromatic heterocycles. The SMILES string of the molecule is O=C(NC[S-])c1cccc(C(=O)NC[S-])c1.[Na+].[Na+]. The molecule has 18 heavy (non-hydrogen) atoms. The van der Waals surface area contributed by atoms with Crippen molar-refractivity contribution in [3.8, 4) is 0 Å². The fraction of sp³-hybridized carbons (Fsp3) is 0.200. The van der Waals surface area contributed by atoms with Gasteiger partial charge in [-0.1, -0.05) is 6.07 Å². The second-order valence-electron chi connectivity index (χ2n) is 2.88. The number of nitrogens with one attached hydrogen (secondary N) is 2. The Morgan fingerprint density at radius 1 is 0.944 bits per heavy atom. The predicted octanol–water partition coefficient (Wildman–Crippen LogP) is -5.84. The zero-order valence-electron chi connectivity index (χ0n) is 10.4. The van der Waals surface area contributed by atoms with E-state index in [2.05, 4.69) is 35.9 Å². The van der Waals surface area contributed by atoms with Crippen LogP contribution in [0.3, 0.4) is 0 Å². The van der Waals surface area contributed by atoms with Crippen LogP contribution in [-0.2, 0) is 25.3 Å². The molecule has 0 saturated carbocycles. The first-order chi connectivity index (χ1) is 7.69. The Bertz CT molecular complexity index is 372. The van der Waals surface area contributed by atoms with Gasteiger partial charge in [-0.15, -0.1) is 11.8 Å². The van der Waals surface area contributed by atoms with E-state index in [9.17, 15) is 9.59 Å². The molecule has 1 rings (SSSR count). The summed E-state index contributed by atoms with van der Waals surface area (Å²) in [4.78, 5) is 22.9. The summed E-state index contributed by atoms with van der Waals surface area (Å²) < 4.78 is 0. The van der Waals surface area contributed by atoms with Gasteiger partial charge in [0, 0.05) is 11.1 Å². The van der Waals surface area contributed by atoms with Gasteiger partial charge >= 0.3 is 59.1 Å². The second kappa shape index (κ2) is 11.7. The molecule has 0 aliphatic heterocycles. The fourth-order valence-corrected chi connectivity index (χ4v) is 1.40. The van der Waals surface area contributed by atoms with Gasteiger partial charge in [0.2, 0.25) is 11.8 Å². The van der Waals surface area contributed by atoms with E-state index >= 15 is 0 Å². The molecule has 4 nitrogen and oxygen atoms in total. The number of carbonyl (C=O) groups is 2. The minimum Gasteiger partial charge on any atom is -0.772 e. The summed E-state index contributed by atoms with van der Waals surface area (Å²) in [6.07, 6.45) is 0. The molecule has 8 heteroatoms. The second-order valence-corrected chi connectivity index (χ2v) is 3.46. The Morgan fingerprint density at radius 3 is 1.67 bits per heavy atom. The number of amides is 2. The van der Waals surface area contributed by atoms with Crippen molar-refractivity contribution in [2.24, 2.45) is 0 Å². The number of hydrogen-bond acceptors (Lipinski definition) is 4. The molecular weight excluding hydrogens is 290 g/mol. The summed E-state index contributed by atoms with van der Waals surface area (Å²) >= 11 is 9.26.